The van der Waals surface area contributed by atoms with Gasteiger partial charge in [-0.3, -0.25) is 9.59 Å². The van der Waals surface area contributed by atoms with Gasteiger partial charge < -0.3 is 21.4 Å². The van der Waals surface area contributed by atoms with E-state index in [0.717, 1.165) is 17.8 Å². The Labute approximate surface area is 168 Å². The van der Waals surface area contributed by atoms with Gasteiger partial charge in [-0.1, -0.05) is 30.3 Å². The number of carbonyl (C=O) groups is 2. The number of likely N-dealkylation sites (tertiary alicyclic amines) is 1. The first kappa shape index (κ1) is 21.9. The van der Waals surface area contributed by atoms with Crippen LogP contribution in [-0.2, 0) is 14.8 Å². The molecule has 9 nitrogen and oxygen atoms in total. The van der Waals surface area contributed by atoms with E-state index in [4.69, 9.17) is 11.5 Å². The lowest BCUT2D eigenvalue weighted by molar-refractivity contribution is -0.128. The smallest absolute Gasteiger partial charge is 0.265 e. The van der Waals surface area contributed by atoms with Crippen LogP contribution in [0.4, 0.5) is 0 Å². The van der Waals surface area contributed by atoms with Crippen molar-refractivity contribution in [3.63, 3.8) is 0 Å². The first-order valence-electron chi connectivity index (χ1n) is 8.34. The number of halogens is 1. The molecule has 6 N–H and O–H groups in total. The molecular weight excluding hydrogens is 406 g/mol. The van der Waals surface area contributed by atoms with E-state index in [-0.39, 0.29) is 40.9 Å². The second-order valence-corrected chi connectivity index (χ2v) is 8.18. The van der Waals surface area contributed by atoms with Gasteiger partial charge in [-0.25, -0.2) is 13.1 Å². The number of primary amides is 1. The summed E-state index contributed by atoms with van der Waals surface area (Å²) in [6.45, 7) is 0.394. The maximum Gasteiger partial charge on any atom is 0.265 e. The van der Waals surface area contributed by atoms with Gasteiger partial charge in [0.1, 0.15) is 10.6 Å². The fraction of sp³-hybridized carbons (Fsp3) is 0.294. The standard InChI is InChI=1S/C17H21N5O4S.ClH/c18-14-10-22(9-13(14)11-4-2-1-3-5-11)16(23)8-21-27(25,26)12-6-15(17(19)24)20-7-12;/h1-7,13-14,20-21H,8-10,18H2,(H2,19,24);1H/t13-,14+;/m0./s1. The number of aromatic nitrogens is 1. The van der Waals surface area contributed by atoms with Crippen LogP contribution in [0, 0.1) is 0 Å². The lowest BCUT2D eigenvalue weighted by Gasteiger charge is -2.16. The molecule has 1 fully saturated rings. The quantitative estimate of drug-likeness (QED) is 0.501. The van der Waals surface area contributed by atoms with E-state index in [1.165, 1.54) is 0 Å². The Morgan fingerprint density at radius 3 is 2.50 bits per heavy atom. The highest BCUT2D eigenvalue weighted by Crippen LogP contribution is 2.26. The third-order valence-electron chi connectivity index (χ3n) is 4.59. The monoisotopic (exact) mass is 427 g/mol. The summed E-state index contributed by atoms with van der Waals surface area (Å²) in [5.74, 6) is -1.13. The van der Waals surface area contributed by atoms with Crippen molar-refractivity contribution in [3.8, 4) is 0 Å². The van der Waals surface area contributed by atoms with Gasteiger partial charge in [0.05, 0.1) is 6.54 Å². The van der Waals surface area contributed by atoms with Crippen LogP contribution < -0.4 is 16.2 Å². The highest BCUT2D eigenvalue weighted by atomic mass is 35.5. The number of hydrogen-bond acceptors (Lipinski definition) is 5. The van der Waals surface area contributed by atoms with Gasteiger partial charge in [0.2, 0.25) is 15.9 Å². The van der Waals surface area contributed by atoms with Crippen LogP contribution in [0.5, 0.6) is 0 Å². The zero-order valence-electron chi connectivity index (χ0n) is 14.9. The summed E-state index contributed by atoms with van der Waals surface area (Å²) in [5, 5.41) is 0. The number of benzene rings is 1. The Hall–Kier alpha value is -2.40. The number of H-pyrrole nitrogens is 1. The molecule has 11 heteroatoms. The molecule has 0 aliphatic carbocycles. The molecule has 28 heavy (non-hydrogen) atoms. The van der Waals surface area contributed by atoms with Crippen LogP contribution in [0.2, 0.25) is 0 Å². The van der Waals surface area contributed by atoms with E-state index in [1.807, 2.05) is 30.3 Å². The lowest BCUT2D eigenvalue weighted by Crippen LogP contribution is -2.40. The van der Waals surface area contributed by atoms with Crippen molar-refractivity contribution in [1.82, 2.24) is 14.6 Å². The molecule has 0 bridgehead atoms. The molecule has 2 atom stereocenters. The Bertz CT molecular complexity index is 947. The zero-order chi connectivity index (χ0) is 19.6. The molecule has 1 aromatic carbocycles. The molecule has 1 aliphatic heterocycles. The molecular formula is C17H22ClN5O4S. The normalized spacial score (nSPS) is 19.2. The van der Waals surface area contributed by atoms with Crippen molar-refractivity contribution in [2.45, 2.75) is 16.9 Å². The number of rotatable bonds is 6. The number of nitrogens with one attached hydrogen (secondary N) is 2. The molecule has 1 saturated heterocycles. The maximum atomic E-state index is 12.4. The highest BCUT2D eigenvalue weighted by molar-refractivity contribution is 7.89. The minimum Gasteiger partial charge on any atom is -0.364 e. The van der Waals surface area contributed by atoms with Crippen molar-refractivity contribution in [3.05, 3.63) is 53.9 Å². The SMILES string of the molecule is Cl.NC(=O)c1cc(S(=O)(=O)NCC(=O)N2C[C@@H](N)[C@H](c3ccccc3)C2)c[nH]1. The average molecular weight is 428 g/mol. The number of aromatic amines is 1. The molecule has 0 radical (unpaired) electrons. The lowest BCUT2D eigenvalue weighted by atomic mass is 9.95. The average Bonchev–Trinajstić information content (AvgIpc) is 3.28. The topological polar surface area (TPSA) is 151 Å². The number of amides is 2. The molecule has 0 spiro atoms. The fourth-order valence-electron chi connectivity index (χ4n) is 3.11. The van der Waals surface area contributed by atoms with E-state index in [2.05, 4.69) is 9.71 Å². The molecule has 0 unspecified atom stereocenters. The van der Waals surface area contributed by atoms with Crippen molar-refractivity contribution in [2.24, 2.45) is 11.5 Å². The Morgan fingerprint density at radius 1 is 1.21 bits per heavy atom. The van der Waals surface area contributed by atoms with Gasteiger partial charge in [0.15, 0.2) is 0 Å². The number of hydrogen-bond donors (Lipinski definition) is 4. The van der Waals surface area contributed by atoms with Crippen LogP contribution in [0.25, 0.3) is 0 Å². The summed E-state index contributed by atoms with van der Waals surface area (Å²) in [6.07, 6.45) is 1.14. The van der Waals surface area contributed by atoms with Crippen LogP contribution in [0.3, 0.4) is 0 Å². The molecule has 3 rings (SSSR count). The predicted octanol–water partition coefficient (Wildman–Crippen LogP) is -0.233. The minimum absolute atomic E-state index is 0. The summed E-state index contributed by atoms with van der Waals surface area (Å²) in [4.78, 5) is 27.4. The highest BCUT2D eigenvalue weighted by Gasteiger charge is 2.34. The molecule has 1 aromatic heterocycles. The molecule has 152 valence electrons. The summed E-state index contributed by atoms with van der Waals surface area (Å²) >= 11 is 0. The van der Waals surface area contributed by atoms with Crippen LogP contribution in [0.15, 0.2) is 47.5 Å². The second-order valence-electron chi connectivity index (χ2n) is 6.42. The third kappa shape index (κ3) is 4.71. The third-order valence-corrected chi connectivity index (χ3v) is 5.97. The zero-order valence-corrected chi connectivity index (χ0v) is 16.5. The van der Waals surface area contributed by atoms with E-state index in [0.29, 0.717) is 13.1 Å². The summed E-state index contributed by atoms with van der Waals surface area (Å²) in [6, 6.07) is 10.6. The van der Waals surface area contributed by atoms with Crippen LogP contribution in [-0.4, -0.2) is 55.8 Å². The Kier molecular flexibility index (Phi) is 6.83. The van der Waals surface area contributed by atoms with Gasteiger partial charge in [0.25, 0.3) is 5.91 Å². The van der Waals surface area contributed by atoms with Gasteiger partial charge in [-0.15, -0.1) is 12.4 Å². The summed E-state index contributed by atoms with van der Waals surface area (Å²) < 4.78 is 26.8. The van der Waals surface area contributed by atoms with E-state index in [1.54, 1.807) is 4.90 Å². The van der Waals surface area contributed by atoms with Crippen molar-refractivity contribution in [2.75, 3.05) is 19.6 Å². The number of nitrogens with zero attached hydrogens (tertiary/aromatic N) is 1. The van der Waals surface area contributed by atoms with Gasteiger partial charge >= 0.3 is 0 Å². The first-order chi connectivity index (χ1) is 12.8. The van der Waals surface area contributed by atoms with Crippen molar-refractivity contribution >= 4 is 34.2 Å². The van der Waals surface area contributed by atoms with E-state index >= 15 is 0 Å². The van der Waals surface area contributed by atoms with Crippen LogP contribution >= 0.6 is 12.4 Å². The van der Waals surface area contributed by atoms with E-state index < -0.39 is 22.5 Å². The number of nitrogens with two attached hydrogens (primary N) is 2. The second kappa shape index (κ2) is 8.74. The maximum absolute atomic E-state index is 12.4. The number of sulfonamides is 1. The van der Waals surface area contributed by atoms with Crippen molar-refractivity contribution in [1.29, 1.82) is 0 Å². The summed E-state index contributed by atoms with van der Waals surface area (Å²) in [7, 11) is -3.94. The van der Waals surface area contributed by atoms with Gasteiger partial charge in [0, 0.05) is 31.2 Å². The van der Waals surface area contributed by atoms with Gasteiger partial charge in [-0.05, 0) is 11.6 Å². The molecule has 2 aromatic rings. The predicted molar refractivity (Wildman–Crippen MR) is 105 cm³/mol. The van der Waals surface area contributed by atoms with Gasteiger partial charge in [-0.2, -0.15) is 0 Å². The molecule has 2 amide bonds. The van der Waals surface area contributed by atoms with Crippen LogP contribution in [0.1, 0.15) is 22.0 Å². The molecule has 1 aliphatic rings. The Morgan fingerprint density at radius 2 is 1.89 bits per heavy atom. The Balaban J connectivity index is 0.00000280. The number of carbonyl (C=O) groups excluding carboxylic acids is 2. The molecule has 0 saturated carbocycles. The van der Waals surface area contributed by atoms with Crippen molar-refractivity contribution < 1.29 is 18.0 Å². The fourth-order valence-corrected chi connectivity index (χ4v) is 4.08. The first-order valence-corrected chi connectivity index (χ1v) is 9.82. The molecule has 2 heterocycles. The minimum atomic E-state index is -3.94. The largest absolute Gasteiger partial charge is 0.364 e. The summed E-state index contributed by atoms with van der Waals surface area (Å²) in [5.41, 5.74) is 12.3. The van der Waals surface area contributed by atoms with E-state index in [9.17, 15) is 18.0 Å².